The summed E-state index contributed by atoms with van der Waals surface area (Å²) in [5.41, 5.74) is 1.21. The van der Waals surface area contributed by atoms with Crippen LogP contribution in [0.4, 0.5) is 4.39 Å². The molecule has 2 amide bonds. The minimum absolute atomic E-state index is 0.193. The maximum atomic E-state index is 13.1. The number of fused-ring (bicyclic) bond motifs is 1. The number of amides is 2. The van der Waals surface area contributed by atoms with Crippen molar-refractivity contribution in [3.63, 3.8) is 0 Å². The van der Waals surface area contributed by atoms with Crippen LogP contribution in [0.1, 0.15) is 15.9 Å². The topological polar surface area (TPSA) is 67.9 Å². The van der Waals surface area contributed by atoms with Crippen LogP contribution in [0.25, 0.3) is 0 Å². The molecule has 1 atom stereocenters. The lowest BCUT2D eigenvalue weighted by atomic mass is 10.1. The molecule has 138 valence electrons. The van der Waals surface area contributed by atoms with Gasteiger partial charge in [0.25, 0.3) is 5.91 Å². The third-order valence-electron chi connectivity index (χ3n) is 4.48. The lowest BCUT2D eigenvalue weighted by Crippen LogP contribution is -2.46. The maximum absolute atomic E-state index is 13.1. The molecule has 0 aliphatic carbocycles. The van der Waals surface area contributed by atoms with Crippen molar-refractivity contribution in [1.82, 2.24) is 10.2 Å². The molecule has 0 fully saturated rings. The van der Waals surface area contributed by atoms with Gasteiger partial charge in [0, 0.05) is 18.7 Å². The Morgan fingerprint density at radius 1 is 1.11 bits per heavy atom. The van der Waals surface area contributed by atoms with Crippen LogP contribution in [0.15, 0.2) is 54.6 Å². The number of hydrogen-bond donors (Lipinski definition) is 1. The standard InChI is InChI=1S/C20H17FN2O4/c21-15-6-4-14(5-7-15)20(25)23-9-1-2-16(23)19(24)22-11-13-3-8-17-18(10-13)27-12-26-17/h1-8,10,16H,9,11-12H2,(H,22,24)/t16-/m1/s1. The van der Waals surface area contributed by atoms with E-state index in [0.29, 0.717) is 30.2 Å². The molecule has 2 aliphatic rings. The second-order valence-corrected chi connectivity index (χ2v) is 6.24. The number of nitrogens with one attached hydrogen (secondary N) is 1. The van der Waals surface area contributed by atoms with Gasteiger partial charge in [0.2, 0.25) is 12.7 Å². The van der Waals surface area contributed by atoms with Gasteiger partial charge in [-0.05, 0) is 42.0 Å². The summed E-state index contributed by atoms with van der Waals surface area (Å²) in [6, 6.07) is 10.0. The van der Waals surface area contributed by atoms with Crippen LogP contribution in [0, 0.1) is 5.82 Å². The first-order chi connectivity index (χ1) is 13.1. The maximum Gasteiger partial charge on any atom is 0.255 e. The van der Waals surface area contributed by atoms with E-state index in [1.165, 1.54) is 29.2 Å². The predicted octanol–water partition coefficient (Wildman–Crippen LogP) is 2.25. The molecule has 4 rings (SSSR count). The van der Waals surface area contributed by atoms with Gasteiger partial charge in [-0.15, -0.1) is 0 Å². The normalized spacial score (nSPS) is 17.2. The molecule has 1 N–H and O–H groups in total. The van der Waals surface area contributed by atoms with E-state index in [1.807, 2.05) is 12.1 Å². The van der Waals surface area contributed by atoms with Gasteiger partial charge in [0.05, 0.1) is 0 Å². The Kier molecular flexibility index (Phi) is 4.50. The van der Waals surface area contributed by atoms with Gasteiger partial charge in [0.15, 0.2) is 11.5 Å². The number of benzene rings is 2. The Morgan fingerprint density at radius 3 is 2.70 bits per heavy atom. The first kappa shape index (κ1) is 17.1. The summed E-state index contributed by atoms with van der Waals surface area (Å²) in [7, 11) is 0. The molecule has 0 bridgehead atoms. The van der Waals surface area contributed by atoms with Crippen molar-refractivity contribution in [2.24, 2.45) is 0 Å². The van der Waals surface area contributed by atoms with Crippen molar-refractivity contribution in [2.45, 2.75) is 12.6 Å². The average molecular weight is 368 g/mol. The molecule has 0 radical (unpaired) electrons. The highest BCUT2D eigenvalue weighted by atomic mass is 19.1. The zero-order valence-corrected chi connectivity index (χ0v) is 14.4. The third kappa shape index (κ3) is 3.48. The summed E-state index contributed by atoms with van der Waals surface area (Å²) in [5.74, 6) is 0.319. The zero-order chi connectivity index (χ0) is 18.8. The van der Waals surface area contributed by atoms with E-state index < -0.39 is 11.9 Å². The quantitative estimate of drug-likeness (QED) is 0.841. The predicted molar refractivity (Wildman–Crippen MR) is 94.8 cm³/mol. The Labute approximate surface area is 155 Å². The average Bonchev–Trinajstić information content (AvgIpc) is 3.35. The van der Waals surface area contributed by atoms with E-state index in [1.54, 1.807) is 18.2 Å². The highest BCUT2D eigenvalue weighted by Crippen LogP contribution is 2.32. The number of ether oxygens (including phenoxy) is 2. The molecule has 7 heteroatoms. The first-order valence-electron chi connectivity index (χ1n) is 8.51. The van der Waals surface area contributed by atoms with Gasteiger partial charge in [-0.2, -0.15) is 0 Å². The summed E-state index contributed by atoms with van der Waals surface area (Å²) in [6.07, 6.45) is 3.46. The van der Waals surface area contributed by atoms with Gasteiger partial charge in [-0.1, -0.05) is 18.2 Å². The summed E-state index contributed by atoms with van der Waals surface area (Å²) < 4.78 is 23.6. The van der Waals surface area contributed by atoms with Gasteiger partial charge in [0.1, 0.15) is 11.9 Å². The van der Waals surface area contributed by atoms with Crippen LogP contribution in [0.5, 0.6) is 11.5 Å². The van der Waals surface area contributed by atoms with E-state index in [4.69, 9.17) is 9.47 Å². The fourth-order valence-electron chi connectivity index (χ4n) is 3.06. The monoisotopic (exact) mass is 368 g/mol. The van der Waals surface area contributed by atoms with Crippen molar-refractivity contribution in [3.05, 3.63) is 71.6 Å². The van der Waals surface area contributed by atoms with Crippen LogP contribution in [-0.4, -0.2) is 36.1 Å². The lowest BCUT2D eigenvalue weighted by Gasteiger charge is -2.24. The van der Waals surface area contributed by atoms with Crippen molar-refractivity contribution in [1.29, 1.82) is 0 Å². The molecule has 2 aromatic rings. The number of carbonyl (C=O) groups is 2. The van der Waals surface area contributed by atoms with E-state index in [9.17, 15) is 14.0 Å². The van der Waals surface area contributed by atoms with Gasteiger partial charge in [-0.3, -0.25) is 9.59 Å². The molecule has 6 nitrogen and oxygen atoms in total. The fourth-order valence-corrected chi connectivity index (χ4v) is 3.06. The molecular formula is C20H17FN2O4. The molecule has 0 saturated heterocycles. The smallest absolute Gasteiger partial charge is 0.255 e. The van der Waals surface area contributed by atoms with Crippen LogP contribution in [-0.2, 0) is 11.3 Å². The second-order valence-electron chi connectivity index (χ2n) is 6.24. The summed E-state index contributed by atoms with van der Waals surface area (Å²) in [6.45, 7) is 0.829. The third-order valence-corrected chi connectivity index (χ3v) is 4.48. The molecule has 27 heavy (non-hydrogen) atoms. The molecule has 0 aromatic heterocycles. The highest BCUT2D eigenvalue weighted by Gasteiger charge is 2.31. The Morgan fingerprint density at radius 2 is 1.89 bits per heavy atom. The SMILES string of the molecule is O=C(NCc1ccc2c(c1)OCO2)[C@H]1C=CCN1C(=O)c1ccc(F)cc1. The molecule has 0 unspecified atom stereocenters. The Bertz CT molecular complexity index is 911. The summed E-state index contributed by atoms with van der Waals surface area (Å²) in [4.78, 5) is 26.7. The first-order valence-corrected chi connectivity index (χ1v) is 8.51. The van der Waals surface area contributed by atoms with Crippen molar-refractivity contribution >= 4 is 11.8 Å². The summed E-state index contributed by atoms with van der Waals surface area (Å²) >= 11 is 0. The molecule has 2 aliphatic heterocycles. The van der Waals surface area contributed by atoms with E-state index in [-0.39, 0.29) is 18.6 Å². The van der Waals surface area contributed by atoms with Crippen LogP contribution in [0.2, 0.25) is 0 Å². The molecule has 0 spiro atoms. The fraction of sp³-hybridized carbons (Fsp3) is 0.200. The van der Waals surface area contributed by atoms with Gasteiger partial charge < -0.3 is 19.7 Å². The van der Waals surface area contributed by atoms with E-state index in [2.05, 4.69) is 5.32 Å². The molecule has 2 heterocycles. The number of halogens is 1. The number of carbonyl (C=O) groups excluding carboxylic acids is 2. The second kappa shape index (κ2) is 7.11. The van der Waals surface area contributed by atoms with Crippen molar-refractivity contribution in [2.75, 3.05) is 13.3 Å². The van der Waals surface area contributed by atoms with Crippen molar-refractivity contribution in [3.8, 4) is 11.5 Å². The highest BCUT2D eigenvalue weighted by molar-refractivity contribution is 5.98. The Hall–Kier alpha value is -3.35. The van der Waals surface area contributed by atoms with Gasteiger partial charge >= 0.3 is 0 Å². The van der Waals surface area contributed by atoms with Crippen LogP contribution in [0.3, 0.4) is 0 Å². The molecule has 2 aromatic carbocycles. The van der Waals surface area contributed by atoms with Crippen molar-refractivity contribution < 1.29 is 23.5 Å². The molecule has 0 saturated carbocycles. The van der Waals surface area contributed by atoms with Crippen LogP contribution < -0.4 is 14.8 Å². The number of nitrogens with zero attached hydrogens (tertiary/aromatic N) is 1. The number of rotatable bonds is 4. The molecular weight excluding hydrogens is 351 g/mol. The minimum Gasteiger partial charge on any atom is -0.454 e. The Balaban J connectivity index is 1.40. The summed E-state index contributed by atoms with van der Waals surface area (Å²) in [5, 5.41) is 2.84. The largest absolute Gasteiger partial charge is 0.454 e. The minimum atomic E-state index is -0.698. The number of hydrogen-bond acceptors (Lipinski definition) is 4. The van der Waals surface area contributed by atoms with Crippen LogP contribution >= 0.6 is 0 Å². The lowest BCUT2D eigenvalue weighted by molar-refractivity contribution is -0.123. The van der Waals surface area contributed by atoms with E-state index >= 15 is 0 Å². The van der Waals surface area contributed by atoms with Gasteiger partial charge in [-0.25, -0.2) is 4.39 Å². The van der Waals surface area contributed by atoms with E-state index in [0.717, 1.165) is 5.56 Å². The zero-order valence-electron chi connectivity index (χ0n) is 14.4.